The van der Waals surface area contributed by atoms with Crippen LogP contribution in [0.15, 0.2) is 42.5 Å². The molecule has 0 radical (unpaired) electrons. The van der Waals surface area contributed by atoms with Gasteiger partial charge in [-0.25, -0.2) is 9.07 Å². The molecular formula is C23H23FN4O5. The average Bonchev–Trinajstić information content (AvgIpc) is 3.28. The molecule has 0 saturated carbocycles. The minimum absolute atomic E-state index is 0.172. The molecule has 3 aromatic rings. The third-order valence-electron chi connectivity index (χ3n) is 5.26. The first-order valence-corrected chi connectivity index (χ1v) is 10.1. The molecule has 0 fully saturated rings. The summed E-state index contributed by atoms with van der Waals surface area (Å²) in [6.07, 6.45) is -0.172. The quantitative estimate of drug-likeness (QED) is 0.541. The number of hydrogen-bond donors (Lipinski definition) is 2. The molecule has 0 aliphatic carbocycles. The van der Waals surface area contributed by atoms with Crippen LogP contribution in [0.25, 0.3) is 11.1 Å². The molecule has 1 aliphatic rings. The Balaban J connectivity index is 1.66. The topological polar surface area (TPSA) is 104 Å². The summed E-state index contributed by atoms with van der Waals surface area (Å²) >= 11 is 0. The molecule has 9 nitrogen and oxygen atoms in total. The molecular weight excluding hydrogens is 431 g/mol. The van der Waals surface area contributed by atoms with E-state index in [0.29, 0.717) is 34.3 Å². The molecule has 2 heterocycles. The summed E-state index contributed by atoms with van der Waals surface area (Å²) in [5.74, 6) is 0.276. The predicted molar refractivity (Wildman–Crippen MR) is 119 cm³/mol. The van der Waals surface area contributed by atoms with E-state index in [1.807, 2.05) is 6.07 Å². The van der Waals surface area contributed by atoms with Crippen LogP contribution in [-0.2, 0) is 20.9 Å². The number of anilines is 2. The van der Waals surface area contributed by atoms with Gasteiger partial charge in [-0.2, -0.15) is 5.10 Å². The highest BCUT2D eigenvalue weighted by Gasteiger charge is 2.37. The number of fused-ring (bicyclic) bond motifs is 1. The lowest BCUT2D eigenvalue weighted by molar-refractivity contribution is -0.123. The Labute approximate surface area is 189 Å². The third kappa shape index (κ3) is 4.37. The Morgan fingerprint density at radius 3 is 2.64 bits per heavy atom. The summed E-state index contributed by atoms with van der Waals surface area (Å²) in [6.45, 7) is 0.196. The number of aromatic nitrogens is 2. The Kier molecular flexibility index (Phi) is 6.27. The second-order valence-corrected chi connectivity index (χ2v) is 7.39. The summed E-state index contributed by atoms with van der Waals surface area (Å²) < 4.78 is 30.9. The van der Waals surface area contributed by atoms with Crippen LogP contribution in [-0.4, -0.2) is 42.9 Å². The van der Waals surface area contributed by atoms with E-state index < -0.39 is 17.8 Å². The molecule has 1 unspecified atom stereocenters. The van der Waals surface area contributed by atoms with Crippen molar-refractivity contribution in [3.63, 3.8) is 0 Å². The molecule has 4 rings (SSSR count). The fourth-order valence-electron chi connectivity index (χ4n) is 3.80. The van der Waals surface area contributed by atoms with Crippen molar-refractivity contribution in [3.05, 3.63) is 54.0 Å². The zero-order valence-electron chi connectivity index (χ0n) is 18.3. The second kappa shape index (κ2) is 9.29. The molecule has 33 heavy (non-hydrogen) atoms. The van der Waals surface area contributed by atoms with Gasteiger partial charge in [0.05, 0.1) is 38.5 Å². The summed E-state index contributed by atoms with van der Waals surface area (Å²) in [5.41, 5.74) is 2.31. The van der Waals surface area contributed by atoms with Crippen molar-refractivity contribution in [3.8, 4) is 22.6 Å². The van der Waals surface area contributed by atoms with Crippen molar-refractivity contribution in [2.75, 3.05) is 32.0 Å². The lowest BCUT2D eigenvalue weighted by Gasteiger charge is -2.11. The van der Waals surface area contributed by atoms with Gasteiger partial charge in [-0.05, 0) is 35.9 Å². The van der Waals surface area contributed by atoms with E-state index in [-0.39, 0.29) is 18.9 Å². The maximum atomic E-state index is 13.4. The van der Waals surface area contributed by atoms with Crippen molar-refractivity contribution in [2.24, 2.45) is 0 Å². The Morgan fingerprint density at radius 2 is 1.94 bits per heavy atom. The van der Waals surface area contributed by atoms with Gasteiger partial charge in [0.15, 0.2) is 11.5 Å². The summed E-state index contributed by atoms with van der Waals surface area (Å²) in [5, 5.41) is 10.0. The maximum absolute atomic E-state index is 13.4. The minimum atomic E-state index is -0.863. The number of nitrogens with one attached hydrogen (secondary N) is 2. The number of amides is 2. The zero-order valence-corrected chi connectivity index (χ0v) is 18.3. The number of ether oxygens (including phenoxy) is 3. The van der Waals surface area contributed by atoms with Crippen LogP contribution in [0.1, 0.15) is 18.2 Å². The van der Waals surface area contributed by atoms with Crippen molar-refractivity contribution in [2.45, 2.75) is 19.1 Å². The monoisotopic (exact) mass is 454 g/mol. The Hall–Kier alpha value is -3.92. The number of rotatable bonds is 8. The molecule has 2 amide bonds. The molecule has 0 spiro atoms. The molecule has 2 aromatic carbocycles. The van der Waals surface area contributed by atoms with Crippen LogP contribution in [0, 0.1) is 5.82 Å². The van der Waals surface area contributed by atoms with E-state index in [0.717, 1.165) is 5.56 Å². The number of methoxy groups -OCH3 is 3. The lowest BCUT2D eigenvalue weighted by atomic mass is 10.0. The molecule has 172 valence electrons. The van der Waals surface area contributed by atoms with Gasteiger partial charge in [0.1, 0.15) is 17.7 Å². The van der Waals surface area contributed by atoms with E-state index in [4.69, 9.17) is 14.2 Å². The Bertz CT molecular complexity index is 1210. The van der Waals surface area contributed by atoms with Crippen molar-refractivity contribution < 1.29 is 28.2 Å². The van der Waals surface area contributed by atoms with Crippen LogP contribution in [0.4, 0.5) is 15.9 Å². The van der Waals surface area contributed by atoms with E-state index in [1.165, 1.54) is 30.0 Å². The van der Waals surface area contributed by atoms with Crippen LogP contribution in [0.3, 0.4) is 0 Å². The first-order valence-electron chi connectivity index (χ1n) is 10.1. The van der Waals surface area contributed by atoms with Crippen LogP contribution < -0.4 is 20.1 Å². The van der Waals surface area contributed by atoms with Gasteiger partial charge in [-0.15, -0.1) is 0 Å². The molecule has 0 bridgehead atoms. The third-order valence-corrected chi connectivity index (χ3v) is 5.26. The van der Waals surface area contributed by atoms with Crippen molar-refractivity contribution in [1.82, 2.24) is 9.78 Å². The van der Waals surface area contributed by atoms with Crippen molar-refractivity contribution >= 4 is 23.3 Å². The number of nitrogens with zero attached hydrogens (tertiary/aromatic N) is 2. The van der Waals surface area contributed by atoms with Gasteiger partial charge in [0, 0.05) is 12.8 Å². The van der Waals surface area contributed by atoms with Gasteiger partial charge in [-0.3, -0.25) is 9.59 Å². The summed E-state index contributed by atoms with van der Waals surface area (Å²) in [7, 11) is 4.63. The van der Waals surface area contributed by atoms with Gasteiger partial charge in [0.25, 0.3) is 5.91 Å². The number of halogens is 1. The SMILES string of the molecule is COCc1nn2c(c1-c1ccc(OC)c(OC)c1)NC(=O)C2CC(=O)Nc1cccc(F)c1. The number of hydrogen-bond acceptors (Lipinski definition) is 6. The first kappa shape index (κ1) is 22.3. The fraction of sp³-hybridized carbons (Fsp3) is 0.261. The zero-order chi connectivity index (χ0) is 23.5. The summed E-state index contributed by atoms with van der Waals surface area (Å²) in [4.78, 5) is 25.3. The smallest absolute Gasteiger partial charge is 0.251 e. The van der Waals surface area contributed by atoms with E-state index in [9.17, 15) is 14.0 Å². The molecule has 1 aliphatic heterocycles. The molecule has 2 N–H and O–H groups in total. The first-order chi connectivity index (χ1) is 15.9. The Morgan fingerprint density at radius 1 is 1.15 bits per heavy atom. The van der Waals surface area contributed by atoms with Gasteiger partial charge in [0.2, 0.25) is 5.91 Å². The van der Waals surface area contributed by atoms with Crippen LogP contribution in [0.2, 0.25) is 0 Å². The van der Waals surface area contributed by atoms with E-state index in [2.05, 4.69) is 15.7 Å². The molecule has 0 saturated heterocycles. The highest BCUT2D eigenvalue weighted by atomic mass is 19.1. The van der Waals surface area contributed by atoms with E-state index >= 15 is 0 Å². The predicted octanol–water partition coefficient (Wildman–Crippen LogP) is 3.37. The molecule has 1 aromatic heterocycles. The number of carbonyl (C=O) groups is 2. The van der Waals surface area contributed by atoms with Crippen molar-refractivity contribution in [1.29, 1.82) is 0 Å². The number of carbonyl (C=O) groups excluding carboxylic acids is 2. The fourth-order valence-corrected chi connectivity index (χ4v) is 3.80. The highest BCUT2D eigenvalue weighted by molar-refractivity contribution is 6.04. The lowest BCUT2D eigenvalue weighted by Crippen LogP contribution is -2.24. The van der Waals surface area contributed by atoms with Gasteiger partial charge >= 0.3 is 0 Å². The second-order valence-electron chi connectivity index (χ2n) is 7.39. The number of benzene rings is 2. The van der Waals surface area contributed by atoms with Crippen LogP contribution >= 0.6 is 0 Å². The van der Waals surface area contributed by atoms with E-state index in [1.54, 1.807) is 32.4 Å². The average molecular weight is 454 g/mol. The molecule has 1 atom stereocenters. The normalized spacial score (nSPS) is 14.5. The highest BCUT2D eigenvalue weighted by Crippen LogP contribution is 2.41. The van der Waals surface area contributed by atoms with Crippen LogP contribution in [0.5, 0.6) is 11.5 Å². The largest absolute Gasteiger partial charge is 0.493 e. The standard InChI is InChI=1S/C23H23FN4O5/c1-31-12-16-21(13-7-8-18(32-2)19(9-13)33-3)22-26-23(30)17(28(22)27-16)11-20(29)25-15-6-4-5-14(24)10-15/h4-10,17H,11-12H2,1-3H3,(H,25,29)(H,26,30). The molecule has 10 heteroatoms. The maximum Gasteiger partial charge on any atom is 0.251 e. The minimum Gasteiger partial charge on any atom is -0.493 e. The van der Waals surface area contributed by atoms with Gasteiger partial charge in [-0.1, -0.05) is 12.1 Å². The van der Waals surface area contributed by atoms with Gasteiger partial charge < -0.3 is 24.8 Å². The summed E-state index contributed by atoms with van der Waals surface area (Å²) in [6, 6.07) is 10.1.